The molecule has 1 aliphatic heterocycles. The molecule has 1 aromatic carbocycles. The Hall–Kier alpha value is -1.33. The summed E-state index contributed by atoms with van der Waals surface area (Å²) >= 11 is 6.24. The van der Waals surface area contributed by atoms with E-state index in [0.29, 0.717) is 10.9 Å². The number of ether oxygens (including phenoxy) is 1. The molecule has 1 fully saturated rings. The fourth-order valence-electron chi connectivity index (χ4n) is 2.78. The van der Waals surface area contributed by atoms with Gasteiger partial charge in [0.15, 0.2) is 0 Å². The predicted octanol–water partition coefficient (Wildman–Crippen LogP) is 3.42. The summed E-state index contributed by atoms with van der Waals surface area (Å²) in [7, 11) is 1.73. The van der Waals surface area contributed by atoms with Gasteiger partial charge in [0.25, 0.3) is 5.69 Å². The van der Waals surface area contributed by atoms with Gasteiger partial charge in [0.1, 0.15) is 0 Å². The summed E-state index contributed by atoms with van der Waals surface area (Å²) in [6.45, 7) is 4.48. The van der Waals surface area contributed by atoms with Crippen LogP contribution in [0.4, 0.5) is 11.4 Å². The maximum atomic E-state index is 10.8. The molecule has 0 saturated carbocycles. The van der Waals surface area contributed by atoms with Crippen molar-refractivity contribution in [2.45, 2.75) is 19.8 Å². The average Bonchev–Trinajstić information content (AvgIpc) is 2.40. The number of methoxy groups -OCH3 is 1. The monoisotopic (exact) mass is 298 g/mol. The zero-order valence-corrected chi connectivity index (χ0v) is 12.5. The summed E-state index contributed by atoms with van der Waals surface area (Å²) in [5.74, 6) is 0.591. The molecule has 0 aliphatic carbocycles. The van der Waals surface area contributed by atoms with Crippen LogP contribution in [-0.2, 0) is 4.74 Å². The molecule has 0 spiro atoms. The Kier molecular flexibility index (Phi) is 4.83. The minimum absolute atomic E-state index is 0.0468. The van der Waals surface area contributed by atoms with Gasteiger partial charge in [0, 0.05) is 38.9 Å². The highest BCUT2D eigenvalue weighted by molar-refractivity contribution is 6.33. The number of anilines is 1. The van der Waals surface area contributed by atoms with Crippen molar-refractivity contribution in [2.24, 2.45) is 5.92 Å². The lowest BCUT2D eigenvalue weighted by Gasteiger charge is -2.34. The highest BCUT2D eigenvalue weighted by Gasteiger charge is 2.23. The van der Waals surface area contributed by atoms with Crippen molar-refractivity contribution < 1.29 is 9.66 Å². The maximum absolute atomic E-state index is 10.8. The lowest BCUT2D eigenvalue weighted by Crippen LogP contribution is -2.35. The first kappa shape index (κ1) is 15.1. The SMILES string of the molecule is COCC1CCN(c2c(C)cc([N+](=O)[O-])cc2Cl)CC1. The summed E-state index contributed by atoms with van der Waals surface area (Å²) < 4.78 is 5.19. The Labute approximate surface area is 123 Å². The molecule has 20 heavy (non-hydrogen) atoms. The number of nitro benzene ring substituents is 1. The van der Waals surface area contributed by atoms with Crippen molar-refractivity contribution >= 4 is 23.0 Å². The lowest BCUT2D eigenvalue weighted by atomic mass is 9.97. The number of nitro groups is 1. The van der Waals surface area contributed by atoms with E-state index in [1.807, 2.05) is 6.92 Å². The Morgan fingerprint density at radius 2 is 2.10 bits per heavy atom. The normalized spacial score (nSPS) is 16.4. The molecular weight excluding hydrogens is 280 g/mol. The molecule has 0 atom stereocenters. The van der Waals surface area contributed by atoms with Crippen LogP contribution < -0.4 is 4.90 Å². The van der Waals surface area contributed by atoms with E-state index in [9.17, 15) is 10.1 Å². The molecule has 5 nitrogen and oxygen atoms in total. The van der Waals surface area contributed by atoms with Gasteiger partial charge in [0.2, 0.25) is 0 Å². The fraction of sp³-hybridized carbons (Fsp3) is 0.571. The Morgan fingerprint density at radius 1 is 1.45 bits per heavy atom. The first-order chi connectivity index (χ1) is 9.52. The molecule has 0 bridgehead atoms. The molecule has 110 valence electrons. The lowest BCUT2D eigenvalue weighted by molar-refractivity contribution is -0.384. The molecule has 6 heteroatoms. The van der Waals surface area contributed by atoms with Crippen LogP contribution in [0, 0.1) is 23.0 Å². The van der Waals surface area contributed by atoms with Crippen LogP contribution in [0.25, 0.3) is 0 Å². The molecule has 1 saturated heterocycles. The Bertz CT molecular complexity index is 476. The third kappa shape index (κ3) is 3.22. The second-order valence-electron chi connectivity index (χ2n) is 5.24. The fourth-order valence-corrected chi connectivity index (χ4v) is 3.16. The summed E-state index contributed by atoms with van der Waals surface area (Å²) in [5, 5.41) is 11.3. The minimum atomic E-state index is -0.409. The zero-order chi connectivity index (χ0) is 14.7. The summed E-state index contributed by atoms with van der Waals surface area (Å²) in [5.41, 5.74) is 1.83. The topological polar surface area (TPSA) is 55.6 Å². The third-order valence-corrected chi connectivity index (χ3v) is 4.07. The van der Waals surface area contributed by atoms with Crippen LogP contribution in [0.5, 0.6) is 0 Å². The number of nitrogens with zero attached hydrogens (tertiary/aromatic N) is 2. The van der Waals surface area contributed by atoms with Gasteiger partial charge in [-0.3, -0.25) is 10.1 Å². The average molecular weight is 299 g/mol. The van der Waals surface area contributed by atoms with E-state index in [2.05, 4.69) is 4.90 Å². The summed E-state index contributed by atoms with van der Waals surface area (Å²) in [4.78, 5) is 12.6. The molecule has 0 unspecified atom stereocenters. The maximum Gasteiger partial charge on any atom is 0.271 e. The molecule has 1 heterocycles. The number of non-ortho nitro benzene ring substituents is 1. The van der Waals surface area contributed by atoms with E-state index in [-0.39, 0.29) is 5.69 Å². The van der Waals surface area contributed by atoms with Crippen LogP contribution in [0.2, 0.25) is 5.02 Å². The van der Waals surface area contributed by atoms with Gasteiger partial charge in [-0.05, 0) is 31.2 Å². The van der Waals surface area contributed by atoms with Crippen LogP contribution in [0.15, 0.2) is 12.1 Å². The van der Waals surface area contributed by atoms with Crippen LogP contribution in [0.1, 0.15) is 18.4 Å². The van der Waals surface area contributed by atoms with Crippen LogP contribution >= 0.6 is 11.6 Å². The smallest absolute Gasteiger partial charge is 0.271 e. The van der Waals surface area contributed by atoms with Crippen LogP contribution in [-0.4, -0.2) is 31.7 Å². The van der Waals surface area contributed by atoms with E-state index in [1.54, 1.807) is 13.2 Å². The van der Waals surface area contributed by atoms with Gasteiger partial charge >= 0.3 is 0 Å². The molecular formula is C14H19ClN2O3. The number of piperidine rings is 1. The highest BCUT2D eigenvalue weighted by Crippen LogP contribution is 2.35. The second-order valence-corrected chi connectivity index (χ2v) is 5.64. The third-order valence-electron chi connectivity index (χ3n) is 3.78. The van der Waals surface area contributed by atoms with Gasteiger partial charge < -0.3 is 9.64 Å². The van der Waals surface area contributed by atoms with E-state index in [1.165, 1.54) is 6.07 Å². The van der Waals surface area contributed by atoms with E-state index in [4.69, 9.17) is 16.3 Å². The summed E-state index contributed by atoms with van der Waals surface area (Å²) in [6.07, 6.45) is 2.11. The molecule has 0 radical (unpaired) electrons. The first-order valence-electron chi connectivity index (χ1n) is 6.71. The largest absolute Gasteiger partial charge is 0.384 e. The van der Waals surface area contributed by atoms with Crippen molar-refractivity contribution in [3.63, 3.8) is 0 Å². The molecule has 0 aromatic heterocycles. The number of hydrogen-bond acceptors (Lipinski definition) is 4. The minimum Gasteiger partial charge on any atom is -0.384 e. The van der Waals surface area contributed by atoms with Crippen molar-refractivity contribution in [2.75, 3.05) is 31.7 Å². The van der Waals surface area contributed by atoms with Gasteiger partial charge in [-0.15, -0.1) is 0 Å². The molecule has 0 N–H and O–H groups in total. The highest BCUT2D eigenvalue weighted by atomic mass is 35.5. The van der Waals surface area contributed by atoms with Crippen molar-refractivity contribution in [1.29, 1.82) is 0 Å². The van der Waals surface area contributed by atoms with Crippen LogP contribution in [0.3, 0.4) is 0 Å². The van der Waals surface area contributed by atoms with Crippen molar-refractivity contribution in [1.82, 2.24) is 0 Å². The van der Waals surface area contributed by atoms with Gasteiger partial charge in [-0.1, -0.05) is 11.6 Å². The van der Waals surface area contributed by atoms with E-state index < -0.39 is 4.92 Å². The predicted molar refractivity (Wildman–Crippen MR) is 79.7 cm³/mol. The molecule has 2 rings (SSSR count). The summed E-state index contributed by atoms with van der Waals surface area (Å²) in [6, 6.07) is 3.02. The molecule has 0 amide bonds. The van der Waals surface area contributed by atoms with Crippen molar-refractivity contribution in [3.05, 3.63) is 32.8 Å². The number of rotatable bonds is 4. The zero-order valence-electron chi connectivity index (χ0n) is 11.8. The molecule has 1 aliphatic rings. The second kappa shape index (κ2) is 6.41. The van der Waals surface area contributed by atoms with Gasteiger partial charge in [-0.2, -0.15) is 0 Å². The standard InChI is InChI=1S/C14H19ClN2O3/c1-10-7-12(17(18)19)8-13(15)14(10)16-5-3-11(4-6-16)9-20-2/h7-8,11H,3-6,9H2,1-2H3. The number of aryl methyl sites for hydroxylation is 1. The Balaban J connectivity index is 2.16. The van der Waals surface area contributed by atoms with Crippen molar-refractivity contribution in [3.8, 4) is 0 Å². The van der Waals surface area contributed by atoms with E-state index >= 15 is 0 Å². The number of hydrogen-bond donors (Lipinski definition) is 0. The quantitative estimate of drug-likeness (QED) is 0.631. The first-order valence-corrected chi connectivity index (χ1v) is 7.09. The number of halogens is 1. The number of benzene rings is 1. The van der Waals surface area contributed by atoms with Gasteiger partial charge in [-0.25, -0.2) is 0 Å². The Morgan fingerprint density at radius 3 is 2.60 bits per heavy atom. The molecule has 1 aromatic rings. The van der Waals surface area contributed by atoms with E-state index in [0.717, 1.165) is 43.8 Å². The van der Waals surface area contributed by atoms with Gasteiger partial charge in [0.05, 0.1) is 15.6 Å².